The van der Waals surface area contributed by atoms with Gasteiger partial charge in [0, 0.05) is 31.6 Å². The van der Waals surface area contributed by atoms with E-state index in [2.05, 4.69) is 5.32 Å². The number of nitrogens with one attached hydrogen (secondary N) is 1. The Hall–Kier alpha value is -3.05. The van der Waals surface area contributed by atoms with Gasteiger partial charge in [-0.1, -0.05) is 17.7 Å². The van der Waals surface area contributed by atoms with E-state index < -0.39 is 14.9 Å². The summed E-state index contributed by atoms with van der Waals surface area (Å²) in [6.45, 7) is 0.190. The molecule has 0 aliphatic rings. The van der Waals surface area contributed by atoms with E-state index in [0.717, 1.165) is 22.2 Å². The number of carbonyl (C=O) groups is 1. The number of nitro groups is 1. The van der Waals surface area contributed by atoms with Crippen molar-refractivity contribution in [3.05, 3.63) is 57.1 Å². The zero-order valence-electron chi connectivity index (χ0n) is 17.8. The van der Waals surface area contributed by atoms with Crippen LogP contribution in [-0.2, 0) is 21.4 Å². The normalized spacial score (nSPS) is 11.0. The Bertz CT molecular complexity index is 1090. The first-order valence-corrected chi connectivity index (χ1v) is 11.7. The van der Waals surface area contributed by atoms with Gasteiger partial charge < -0.3 is 14.8 Å². The Balaban J connectivity index is 2.00. The molecule has 0 fully saturated rings. The van der Waals surface area contributed by atoms with Crippen molar-refractivity contribution in [1.82, 2.24) is 5.32 Å². The van der Waals surface area contributed by atoms with E-state index in [-0.39, 0.29) is 48.2 Å². The highest BCUT2D eigenvalue weighted by atomic mass is 35.5. The maximum absolute atomic E-state index is 12.2. The quantitative estimate of drug-likeness (QED) is 0.382. The highest BCUT2D eigenvalue weighted by Gasteiger charge is 2.22. The number of halogens is 1. The van der Waals surface area contributed by atoms with Gasteiger partial charge in [0.2, 0.25) is 15.9 Å². The third-order valence-corrected chi connectivity index (χ3v) is 6.01. The van der Waals surface area contributed by atoms with Crippen molar-refractivity contribution in [3.8, 4) is 11.5 Å². The number of sulfonamides is 1. The van der Waals surface area contributed by atoms with Gasteiger partial charge in [-0.05, 0) is 30.2 Å². The summed E-state index contributed by atoms with van der Waals surface area (Å²) in [6, 6.07) is 8.82. The lowest BCUT2D eigenvalue weighted by Gasteiger charge is -2.23. The molecule has 0 aliphatic carbocycles. The monoisotopic (exact) mass is 485 g/mol. The molecule has 0 heterocycles. The summed E-state index contributed by atoms with van der Waals surface area (Å²) in [6.07, 6.45) is 1.20. The Morgan fingerprint density at radius 2 is 1.84 bits per heavy atom. The summed E-state index contributed by atoms with van der Waals surface area (Å²) in [5, 5.41) is 13.8. The lowest BCUT2D eigenvalue weighted by Crippen LogP contribution is -2.32. The van der Waals surface area contributed by atoms with Gasteiger partial charge in [0.15, 0.2) is 11.5 Å². The zero-order chi connectivity index (χ0) is 23.9. The minimum absolute atomic E-state index is 0.00546. The van der Waals surface area contributed by atoms with Gasteiger partial charge in [-0.3, -0.25) is 19.2 Å². The molecule has 1 N–H and O–H groups in total. The highest BCUT2D eigenvalue weighted by molar-refractivity contribution is 7.92. The molecular weight excluding hydrogens is 462 g/mol. The molecule has 174 valence electrons. The summed E-state index contributed by atoms with van der Waals surface area (Å²) in [7, 11) is -0.739. The average Bonchev–Trinajstić information content (AvgIpc) is 2.74. The van der Waals surface area contributed by atoms with Crippen LogP contribution in [0.2, 0.25) is 5.02 Å². The molecule has 0 radical (unpaired) electrons. The molecule has 0 atom stereocenters. The number of nitro benzene ring substituents is 1. The van der Waals surface area contributed by atoms with E-state index in [1.54, 1.807) is 18.2 Å². The SMILES string of the molecule is COc1ccc(CNC(=O)CCCN(c2cc([N+](=O)[O-])ccc2Cl)S(C)(=O)=O)cc1OC. The number of methoxy groups -OCH3 is 2. The molecule has 12 heteroatoms. The van der Waals surface area contributed by atoms with Crippen molar-refractivity contribution >= 4 is 38.9 Å². The van der Waals surface area contributed by atoms with Gasteiger partial charge in [0.1, 0.15) is 0 Å². The number of amides is 1. The first kappa shape index (κ1) is 25.2. The van der Waals surface area contributed by atoms with Crippen molar-refractivity contribution in [2.45, 2.75) is 19.4 Å². The summed E-state index contributed by atoms with van der Waals surface area (Å²) in [5.41, 5.74) is 0.511. The Labute approximate surface area is 191 Å². The average molecular weight is 486 g/mol. The van der Waals surface area contributed by atoms with Crippen molar-refractivity contribution in [2.24, 2.45) is 0 Å². The van der Waals surface area contributed by atoms with Crippen LogP contribution in [0.4, 0.5) is 11.4 Å². The van der Waals surface area contributed by atoms with E-state index in [9.17, 15) is 23.3 Å². The maximum Gasteiger partial charge on any atom is 0.271 e. The number of benzene rings is 2. The first-order valence-electron chi connectivity index (χ1n) is 9.46. The number of hydrogen-bond acceptors (Lipinski definition) is 7. The summed E-state index contributed by atoms with van der Waals surface area (Å²) < 4.78 is 35.8. The van der Waals surface area contributed by atoms with Crippen molar-refractivity contribution in [2.75, 3.05) is 31.3 Å². The minimum atomic E-state index is -3.78. The second-order valence-electron chi connectivity index (χ2n) is 6.80. The van der Waals surface area contributed by atoms with Gasteiger partial charge in [0.05, 0.1) is 36.1 Å². The number of ether oxygens (including phenoxy) is 2. The van der Waals surface area contributed by atoms with E-state index in [4.69, 9.17) is 21.1 Å². The number of nitrogens with zero attached hydrogens (tertiary/aromatic N) is 2. The minimum Gasteiger partial charge on any atom is -0.493 e. The topological polar surface area (TPSA) is 128 Å². The number of rotatable bonds is 11. The van der Waals surface area contributed by atoms with Crippen LogP contribution in [0.1, 0.15) is 18.4 Å². The van der Waals surface area contributed by atoms with Crippen LogP contribution >= 0.6 is 11.6 Å². The van der Waals surface area contributed by atoms with Crippen molar-refractivity contribution in [3.63, 3.8) is 0 Å². The molecule has 0 unspecified atom stereocenters. The molecule has 0 saturated heterocycles. The fraction of sp³-hybridized carbons (Fsp3) is 0.350. The number of anilines is 1. The molecule has 0 aliphatic heterocycles. The predicted molar refractivity (Wildman–Crippen MR) is 121 cm³/mol. The van der Waals surface area contributed by atoms with Crippen LogP contribution in [0.25, 0.3) is 0 Å². The van der Waals surface area contributed by atoms with Crippen LogP contribution in [0.15, 0.2) is 36.4 Å². The van der Waals surface area contributed by atoms with E-state index in [0.29, 0.717) is 11.5 Å². The molecule has 32 heavy (non-hydrogen) atoms. The third-order valence-electron chi connectivity index (χ3n) is 4.51. The lowest BCUT2D eigenvalue weighted by atomic mass is 10.2. The molecule has 0 spiro atoms. The van der Waals surface area contributed by atoms with Crippen molar-refractivity contribution in [1.29, 1.82) is 0 Å². The molecule has 1 amide bonds. The molecule has 0 aromatic heterocycles. The predicted octanol–water partition coefficient (Wildman–Crippen LogP) is 3.13. The Morgan fingerprint density at radius 1 is 1.16 bits per heavy atom. The number of carbonyl (C=O) groups excluding carboxylic acids is 1. The second kappa shape index (κ2) is 11.0. The molecule has 2 aromatic carbocycles. The molecule has 10 nitrogen and oxygen atoms in total. The Morgan fingerprint density at radius 3 is 2.44 bits per heavy atom. The van der Waals surface area contributed by atoms with E-state index >= 15 is 0 Å². The second-order valence-corrected chi connectivity index (χ2v) is 9.11. The zero-order valence-corrected chi connectivity index (χ0v) is 19.4. The smallest absolute Gasteiger partial charge is 0.271 e. The lowest BCUT2D eigenvalue weighted by molar-refractivity contribution is -0.384. The fourth-order valence-corrected chi connectivity index (χ4v) is 4.17. The van der Waals surface area contributed by atoms with Crippen LogP contribution in [-0.4, -0.2) is 46.3 Å². The standard InChI is InChI=1S/C20H24ClN3O7S/c1-30-18-9-6-14(11-19(18)31-2)13-22-20(25)5-4-10-23(32(3,28)29)17-12-15(24(26)27)7-8-16(17)21/h6-9,11-12H,4-5,10,13H2,1-3H3,(H,22,25). The van der Waals surface area contributed by atoms with Crippen LogP contribution < -0.4 is 19.1 Å². The number of non-ortho nitro benzene ring substituents is 1. The highest BCUT2D eigenvalue weighted by Crippen LogP contribution is 2.32. The fourth-order valence-electron chi connectivity index (χ4n) is 2.93. The first-order chi connectivity index (χ1) is 15.1. The summed E-state index contributed by atoms with van der Waals surface area (Å²) in [5.74, 6) is 0.832. The van der Waals surface area contributed by atoms with Crippen LogP contribution in [0.5, 0.6) is 11.5 Å². The molecule has 2 aromatic rings. The molecule has 0 bridgehead atoms. The molecule has 2 rings (SSSR count). The van der Waals surface area contributed by atoms with Gasteiger partial charge in [0.25, 0.3) is 5.69 Å². The number of hydrogen-bond donors (Lipinski definition) is 1. The van der Waals surface area contributed by atoms with Gasteiger partial charge in [-0.25, -0.2) is 8.42 Å². The summed E-state index contributed by atoms with van der Waals surface area (Å²) in [4.78, 5) is 22.6. The van der Waals surface area contributed by atoms with E-state index in [1.165, 1.54) is 26.4 Å². The van der Waals surface area contributed by atoms with Gasteiger partial charge in [-0.15, -0.1) is 0 Å². The van der Waals surface area contributed by atoms with Crippen LogP contribution in [0, 0.1) is 10.1 Å². The largest absolute Gasteiger partial charge is 0.493 e. The maximum atomic E-state index is 12.2. The molecular formula is C20H24ClN3O7S. The van der Waals surface area contributed by atoms with Crippen LogP contribution in [0.3, 0.4) is 0 Å². The van der Waals surface area contributed by atoms with Gasteiger partial charge in [-0.2, -0.15) is 0 Å². The van der Waals surface area contributed by atoms with Gasteiger partial charge >= 0.3 is 0 Å². The Kier molecular flexibility index (Phi) is 8.67. The molecule has 0 saturated carbocycles. The third kappa shape index (κ3) is 6.72. The summed E-state index contributed by atoms with van der Waals surface area (Å²) >= 11 is 6.08. The van der Waals surface area contributed by atoms with E-state index in [1.807, 2.05) is 0 Å². The van der Waals surface area contributed by atoms with Crippen molar-refractivity contribution < 1.29 is 27.6 Å².